The van der Waals surface area contributed by atoms with E-state index in [0.29, 0.717) is 30.3 Å². The fourth-order valence-electron chi connectivity index (χ4n) is 4.23. The molecule has 1 atom stereocenters. The third-order valence-electron chi connectivity index (χ3n) is 5.97. The molecule has 0 radical (unpaired) electrons. The molecule has 3 aromatic rings. The van der Waals surface area contributed by atoms with Crippen LogP contribution in [0.2, 0.25) is 0 Å². The number of methoxy groups -OCH3 is 1. The Labute approximate surface area is 182 Å². The molecular formula is C25H28N2O4. The summed E-state index contributed by atoms with van der Waals surface area (Å²) in [6, 6.07) is 17.8. The number of piperidine rings is 1. The lowest BCUT2D eigenvalue weighted by Gasteiger charge is -2.31. The molecule has 2 heterocycles. The highest BCUT2D eigenvalue weighted by atomic mass is 16.5. The van der Waals surface area contributed by atoms with Crippen molar-refractivity contribution in [3.8, 4) is 17.0 Å². The summed E-state index contributed by atoms with van der Waals surface area (Å²) in [7, 11) is 1.60. The van der Waals surface area contributed by atoms with Gasteiger partial charge in [-0.25, -0.2) is 0 Å². The second-order valence-electron chi connectivity index (χ2n) is 8.10. The topological polar surface area (TPSA) is 75.8 Å². The number of rotatable bonds is 6. The fourth-order valence-corrected chi connectivity index (χ4v) is 4.23. The van der Waals surface area contributed by atoms with E-state index in [1.165, 1.54) is 5.56 Å². The predicted molar refractivity (Wildman–Crippen MR) is 118 cm³/mol. The van der Waals surface area contributed by atoms with Crippen molar-refractivity contribution in [1.29, 1.82) is 0 Å². The smallest absolute Gasteiger partial charge is 0.292 e. The highest BCUT2D eigenvalue weighted by Crippen LogP contribution is 2.33. The predicted octanol–water partition coefficient (Wildman–Crippen LogP) is 4.50. The molecule has 1 fully saturated rings. The first kappa shape index (κ1) is 21.1. The van der Waals surface area contributed by atoms with E-state index in [9.17, 15) is 9.90 Å². The van der Waals surface area contributed by atoms with Crippen LogP contribution in [-0.2, 0) is 6.42 Å². The van der Waals surface area contributed by atoms with Crippen molar-refractivity contribution in [3.05, 3.63) is 71.5 Å². The summed E-state index contributed by atoms with van der Waals surface area (Å²) in [6.07, 6.45) is 2.05. The molecule has 1 N–H and O–H groups in total. The van der Waals surface area contributed by atoms with E-state index in [1.807, 2.05) is 35.2 Å². The summed E-state index contributed by atoms with van der Waals surface area (Å²) < 4.78 is 10.7. The van der Waals surface area contributed by atoms with Crippen LogP contribution in [-0.4, -0.2) is 41.3 Å². The molecule has 1 aliphatic rings. The van der Waals surface area contributed by atoms with E-state index < -0.39 is 6.10 Å². The van der Waals surface area contributed by atoms with Gasteiger partial charge in [0.2, 0.25) is 5.76 Å². The maximum Gasteiger partial charge on any atom is 0.292 e. The number of ether oxygens (including phenoxy) is 1. The number of aromatic nitrogens is 1. The van der Waals surface area contributed by atoms with E-state index in [0.717, 1.165) is 30.6 Å². The molecule has 0 saturated carbocycles. The fraction of sp³-hybridized carbons (Fsp3) is 0.360. The molecule has 1 aromatic heterocycles. The van der Waals surface area contributed by atoms with Gasteiger partial charge in [-0.15, -0.1) is 0 Å². The van der Waals surface area contributed by atoms with Crippen LogP contribution in [0.3, 0.4) is 0 Å². The van der Waals surface area contributed by atoms with E-state index in [1.54, 1.807) is 14.0 Å². The molecule has 1 saturated heterocycles. The van der Waals surface area contributed by atoms with Crippen molar-refractivity contribution < 1.29 is 19.2 Å². The minimum Gasteiger partial charge on any atom is -0.497 e. The average Bonchev–Trinajstić information content (AvgIpc) is 3.25. The number of hydrogen-bond acceptors (Lipinski definition) is 5. The number of aliphatic hydroxyl groups is 1. The number of hydrogen-bond donors (Lipinski definition) is 1. The van der Waals surface area contributed by atoms with Gasteiger partial charge in [-0.05, 0) is 61.9 Å². The molecule has 4 rings (SSSR count). The molecule has 162 valence electrons. The lowest BCUT2D eigenvalue weighted by molar-refractivity contribution is 0.0640. The zero-order valence-electron chi connectivity index (χ0n) is 18.0. The number of aliphatic hydroxyl groups excluding tert-OH is 1. The largest absolute Gasteiger partial charge is 0.497 e. The Balaban J connectivity index is 1.48. The van der Waals surface area contributed by atoms with Gasteiger partial charge in [0.15, 0.2) is 0 Å². The van der Waals surface area contributed by atoms with Gasteiger partial charge in [-0.1, -0.05) is 35.5 Å². The number of carbonyl (C=O) groups is 1. The molecule has 2 aromatic carbocycles. The first-order valence-electron chi connectivity index (χ1n) is 10.7. The van der Waals surface area contributed by atoms with Gasteiger partial charge >= 0.3 is 0 Å². The van der Waals surface area contributed by atoms with Crippen molar-refractivity contribution in [2.24, 2.45) is 5.92 Å². The molecule has 0 unspecified atom stereocenters. The summed E-state index contributed by atoms with van der Waals surface area (Å²) in [5, 5.41) is 14.5. The van der Waals surface area contributed by atoms with Gasteiger partial charge in [0.1, 0.15) is 11.4 Å². The lowest BCUT2D eigenvalue weighted by atomic mass is 9.90. The Hall–Kier alpha value is -3.12. The Bertz CT molecular complexity index is 1000. The van der Waals surface area contributed by atoms with Gasteiger partial charge in [0.05, 0.1) is 18.8 Å². The third-order valence-corrected chi connectivity index (χ3v) is 5.97. The van der Waals surface area contributed by atoms with E-state index in [-0.39, 0.29) is 11.7 Å². The second-order valence-corrected chi connectivity index (χ2v) is 8.10. The summed E-state index contributed by atoms with van der Waals surface area (Å²) >= 11 is 0. The molecule has 0 bridgehead atoms. The molecule has 6 nitrogen and oxygen atoms in total. The Morgan fingerprint density at radius 2 is 1.84 bits per heavy atom. The number of nitrogens with zero attached hydrogens (tertiary/aromatic N) is 2. The van der Waals surface area contributed by atoms with Crippen molar-refractivity contribution in [3.63, 3.8) is 0 Å². The molecule has 0 aliphatic carbocycles. The van der Waals surface area contributed by atoms with Crippen LogP contribution in [0.4, 0.5) is 0 Å². The van der Waals surface area contributed by atoms with Crippen LogP contribution >= 0.6 is 0 Å². The zero-order chi connectivity index (χ0) is 21.8. The standard InChI is InChI=1S/C25H28N2O4/c1-17(28)22-23(20-8-10-21(30-2)11-9-20)26-31-24(22)25(29)27-14-12-19(13-15-27)16-18-6-4-3-5-7-18/h3-11,17,19,28H,12-16H2,1-2H3/t17-/m0/s1. The van der Waals surface area contributed by atoms with E-state index in [4.69, 9.17) is 9.26 Å². The van der Waals surface area contributed by atoms with E-state index >= 15 is 0 Å². The molecule has 0 spiro atoms. The van der Waals surface area contributed by atoms with Gasteiger partial charge in [0.25, 0.3) is 5.91 Å². The average molecular weight is 421 g/mol. The lowest BCUT2D eigenvalue weighted by Crippen LogP contribution is -2.39. The number of likely N-dealkylation sites (tertiary alicyclic amines) is 1. The molecule has 31 heavy (non-hydrogen) atoms. The first-order chi connectivity index (χ1) is 15.1. The second kappa shape index (κ2) is 9.35. The van der Waals surface area contributed by atoms with Crippen LogP contribution in [0.1, 0.15) is 47.6 Å². The Kier molecular flexibility index (Phi) is 6.37. The van der Waals surface area contributed by atoms with Crippen LogP contribution in [0, 0.1) is 5.92 Å². The normalized spacial score (nSPS) is 15.6. The maximum atomic E-state index is 13.2. The van der Waals surface area contributed by atoms with Crippen molar-refractivity contribution in [2.45, 2.75) is 32.3 Å². The minimum atomic E-state index is -0.877. The van der Waals surface area contributed by atoms with Gasteiger partial charge in [-0.2, -0.15) is 0 Å². The van der Waals surface area contributed by atoms with Crippen LogP contribution in [0.15, 0.2) is 59.1 Å². The van der Waals surface area contributed by atoms with E-state index in [2.05, 4.69) is 29.4 Å². The molecule has 1 aliphatic heterocycles. The Morgan fingerprint density at radius 3 is 2.45 bits per heavy atom. The molecule has 6 heteroatoms. The summed E-state index contributed by atoms with van der Waals surface area (Å²) in [5.41, 5.74) is 3.02. The summed E-state index contributed by atoms with van der Waals surface area (Å²) in [5.74, 6) is 1.21. The number of carbonyl (C=O) groups excluding carboxylic acids is 1. The first-order valence-corrected chi connectivity index (χ1v) is 10.7. The third kappa shape index (κ3) is 4.64. The Morgan fingerprint density at radius 1 is 1.16 bits per heavy atom. The van der Waals surface area contributed by atoms with Gasteiger partial charge < -0.3 is 19.3 Å². The van der Waals surface area contributed by atoms with Gasteiger partial charge in [0, 0.05) is 18.7 Å². The monoisotopic (exact) mass is 420 g/mol. The zero-order valence-corrected chi connectivity index (χ0v) is 18.0. The van der Waals surface area contributed by atoms with Crippen molar-refractivity contribution in [2.75, 3.05) is 20.2 Å². The summed E-state index contributed by atoms with van der Waals surface area (Å²) in [6.45, 7) is 2.98. The SMILES string of the molecule is COc1ccc(-c2noc(C(=O)N3CCC(Cc4ccccc4)CC3)c2[C@H](C)O)cc1. The molecule has 1 amide bonds. The summed E-state index contributed by atoms with van der Waals surface area (Å²) in [4.78, 5) is 15.0. The maximum absolute atomic E-state index is 13.2. The number of amides is 1. The molecular weight excluding hydrogens is 392 g/mol. The van der Waals surface area contributed by atoms with Crippen molar-refractivity contribution >= 4 is 5.91 Å². The van der Waals surface area contributed by atoms with Crippen molar-refractivity contribution in [1.82, 2.24) is 10.1 Å². The quantitative estimate of drug-likeness (QED) is 0.636. The minimum absolute atomic E-state index is 0.127. The highest BCUT2D eigenvalue weighted by molar-refractivity contribution is 5.94. The van der Waals surface area contributed by atoms with Crippen LogP contribution < -0.4 is 4.74 Å². The number of benzene rings is 2. The van der Waals surface area contributed by atoms with Crippen LogP contribution in [0.25, 0.3) is 11.3 Å². The van der Waals surface area contributed by atoms with Gasteiger partial charge in [-0.3, -0.25) is 4.79 Å². The van der Waals surface area contributed by atoms with Crippen LogP contribution in [0.5, 0.6) is 5.75 Å². The highest BCUT2D eigenvalue weighted by Gasteiger charge is 2.31.